The van der Waals surface area contributed by atoms with Crippen LogP contribution in [-0.4, -0.2) is 59.1 Å². The summed E-state index contributed by atoms with van der Waals surface area (Å²) in [5, 5.41) is 9.30. The Morgan fingerprint density at radius 3 is 2.18 bits per heavy atom. The molecule has 4 nitrogen and oxygen atoms in total. The molecule has 0 amide bonds. The Balaban J connectivity index is 1.87. The molecular formula is C13H24N2O2. The van der Waals surface area contributed by atoms with Gasteiger partial charge >= 0.3 is 5.97 Å². The molecule has 0 aromatic carbocycles. The Hall–Kier alpha value is -0.610. The number of carboxylic acids is 1. The van der Waals surface area contributed by atoms with Gasteiger partial charge < -0.3 is 5.11 Å². The predicted octanol–water partition coefficient (Wildman–Crippen LogP) is 1.27. The van der Waals surface area contributed by atoms with Crippen molar-refractivity contribution in [3.05, 3.63) is 0 Å². The number of aliphatic carboxylic acids is 1. The van der Waals surface area contributed by atoms with Crippen LogP contribution in [0.3, 0.4) is 0 Å². The van der Waals surface area contributed by atoms with Gasteiger partial charge in [0.1, 0.15) is 6.04 Å². The fraction of sp³-hybridized carbons (Fsp3) is 0.923. The quantitative estimate of drug-likeness (QED) is 0.786. The molecule has 17 heavy (non-hydrogen) atoms. The maximum Gasteiger partial charge on any atom is 0.321 e. The third-order valence-electron chi connectivity index (χ3n) is 4.28. The number of piperazine rings is 1. The zero-order valence-electron chi connectivity index (χ0n) is 10.9. The molecule has 0 bridgehead atoms. The van der Waals surface area contributed by atoms with Crippen LogP contribution in [-0.2, 0) is 4.79 Å². The second kappa shape index (κ2) is 5.36. The molecule has 1 saturated heterocycles. The Morgan fingerprint density at radius 2 is 1.76 bits per heavy atom. The minimum atomic E-state index is -0.621. The first-order chi connectivity index (χ1) is 8.13. The Bertz CT molecular complexity index is 271. The van der Waals surface area contributed by atoms with E-state index in [0.717, 1.165) is 39.0 Å². The summed E-state index contributed by atoms with van der Waals surface area (Å²) in [6.07, 6.45) is 3.37. The van der Waals surface area contributed by atoms with E-state index in [1.54, 1.807) is 0 Å². The SMILES string of the molecule is CCC(C)N1CCN(C(C(=O)O)C2CC2)CC1. The van der Waals surface area contributed by atoms with Crippen LogP contribution in [0.15, 0.2) is 0 Å². The van der Waals surface area contributed by atoms with Gasteiger partial charge in [0, 0.05) is 32.2 Å². The monoisotopic (exact) mass is 240 g/mol. The van der Waals surface area contributed by atoms with E-state index in [-0.39, 0.29) is 6.04 Å². The highest BCUT2D eigenvalue weighted by Gasteiger charge is 2.41. The van der Waals surface area contributed by atoms with Crippen molar-refractivity contribution in [1.82, 2.24) is 9.80 Å². The van der Waals surface area contributed by atoms with Crippen LogP contribution in [0, 0.1) is 5.92 Å². The molecule has 1 aliphatic heterocycles. The van der Waals surface area contributed by atoms with Gasteiger partial charge in [-0.05, 0) is 32.1 Å². The van der Waals surface area contributed by atoms with E-state index in [0.29, 0.717) is 12.0 Å². The van der Waals surface area contributed by atoms with Crippen molar-refractivity contribution in [3.63, 3.8) is 0 Å². The highest BCUT2D eigenvalue weighted by molar-refractivity contribution is 5.74. The first kappa shape index (κ1) is 12.8. The Labute approximate surface area is 104 Å². The predicted molar refractivity (Wildman–Crippen MR) is 67.0 cm³/mol. The molecule has 1 saturated carbocycles. The van der Waals surface area contributed by atoms with E-state index in [1.165, 1.54) is 6.42 Å². The summed E-state index contributed by atoms with van der Waals surface area (Å²) in [5.74, 6) is -0.202. The average Bonchev–Trinajstić information content (AvgIpc) is 3.13. The summed E-state index contributed by atoms with van der Waals surface area (Å²) in [4.78, 5) is 16.0. The molecule has 0 aromatic rings. The van der Waals surface area contributed by atoms with Gasteiger partial charge in [-0.15, -0.1) is 0 Å². The van der Waals surface area contributed by atoms with Gasteiger partial charge in [-0.25, -0.2) is 0 Å². The summed E-state index contributed by atoms with van der Waals surface area (Å²) >= 11 is 0. The number of hydrogen-bond donors (Lipinski definition) is 1. The van der Waals surface area contributed by atoms with Gasteiger partial charge in [-0.1, -0.05) is 6.92 Å². The van der Waals surface area contributed by atoms with Crippen LogP contribution >= 0.6 is 0 Å². The molecule has 0 spiro atoms. The minimum Gasteiger partial charge on any atom is -0.480 e. The number of nitrogens with zero attached hydrogens (tertiary/aromatic N) is 2. The third-order valence-corrected chi connectivity index (χ3v) is 4.28. The van der Waals surface area contributed by atoms with E-state index < -0.39 is 5.97 Å². The second-order valence-electron chi connectivity index (χ2n) is 5.45. The maximum atomic E-state index is 11.3. The van der Waals surface area contributed by atoms with Crippen LogP contribution < -0.4 is 0 Å². The first-order valence-electron chi connectivity index (χ1n) is 6.84. The molecule has 2 rings (SSSR count). The van der Waals surface area contributed by atoms with Gasteiger partial charge in [0.15, 0.2) is 0 Å². The van der Waals surface area contributed by atoms with Gasteiger partial charge in [0.2, 0.25) is 0 Å². The molecule has 0 radical (unpaired) electrons. The minimum absolute atomic E-state index is 0.214. The molecule has 2 unspecified atom stereocenters. The fourth-order valence-electron chi connectivity index (χ4n) is 2.78. The summed E-state index contributed by atoms with van der Waals surface area (Å²) in [6.45, 7) is 8.33. The van der Waals surface area contributed by atoms with E-state index in [9.17, 15) is 9.90 Å². The van der Waals surface area contributed by atoms with Gasteiger partial charge in [0.25, 0.3) is 0 Å². The van der Waals surface area contributed by atoms with E-state index >= 15 is 0 Å². The van der Waals surface area contributed by atoms with Crippen molar-refractivity contribution in [2.24, 2.45) is 5.92 Å². The summed E-state index contributed by atoms with van der Waals surface area (Å²) in [5.41, 5.74) is 0. The lowest BCUT2D eigenvalue weighted by molar-refractivity contribution is -0.145. The van der Waals surface area contributed by atoms with Gasteiger partial charge in [-0.2, -0.15) is 0 Å². The fourth-order valence-corrected chi connectivity index (χ4v) is 2.78. The van der Waals surface area contributed by atoms with Crippen molar-refractivity contribution in [3.8, 4) is 0 Å². The van der Waals surface area contributed by atoms with E-state index in [2.05, 4.69) is 23.6 Å². The van der Waals surface area contributed by atoms with Crippen molar-refractivity contribution < 1.29 is 9.90 Å². The molecule has 2 atom stereocenters. The van der Waals surface area contributed by atoms with Crippen molar-refractivity contribution >= 4 is 5.97 Å². The lowest BCUT2D eigenvalue weighted by Crippen LogP contribution is -2.55. The lowest BCUT2D eigenvalue weighted by atomic mass is 10.1. The summed E-state index contributed by atoms with van der Waals surface area (Å²) in [7, 11) is 0. The molecule has 2 aliphatic rings. The van der Waals surface area contributed by atoms with Crippen LogP contribution in [0.25, 0.3) is 0 Å². The molecule has 1 aliphatic carbocycles. The molecule has 1 heterocycles. The van der Waals surface area contributed by atoms with Crippen LogP contribution in [0.2, 0.25) is 0 Å². The number of carboxylic acid groups (broad SMARTS) is 1. The second-order valence-corrected chi connectivity index (χ2v) is 5.45. The van der Waals surface area contributed by atoms with E-state index in [1.807, 2.05) is 0 Å². The van der Waals surface area contributed by atoms with Gasteiger partial charge in [0.05, 0.1) is 0 Å². The van der Waals surface area contributed by atoms with Crippen LogP contribution in [0.5, 0.6) is 0 Å². The first-order valence-corrected chi connectivity index (χ1v) is 6.84. The summed E-state index contributed by atoms with van der Waals surface area (Å²) in [6, 6.07) is 0.412. The zero-order valence-corrected chi connectivity index (χ0v) is 10.9. The lowest BCUT2D eigenvalue weighted by Gasteiger charge is -2.40. The van der Waals surface area contributed by atoms with Gasteiger partial charge in [-0.3, -0.25) is 14.6 Å². The normalized spacial score (nSPS) is 26.7. The molecule has 2 fully saturated rings. The standard InChI is InChI=1S/C13H24N2O2/c1-3-10(2)14-6-8-15(9-7-14)12(13(16)17)11-4-5-11/h10-12H,3-9H2,1-2H3,(H,16,17). The molecular weight excluding hydrogens is 216 g/mol. The number of hydrogen-bond acceptors (Lipinski definition) is 3. The molecule has 0 aromatic heterocycles. The highest BCUT2D eigenvalue weighted by atomic mass is 16.4. The molecule has 4 heteroatoms. The number of carbonyl (C=O) groups is 1. The van der Waals surface area contributed by atoms with Crippen molar-refractivity contribution in [1.29, 1.82) is 0 Å². The maximum absolute atomic E-state index is 11.3. The van der Waals surface area contributed by atoms with Crippen LogP contribution in [0.4, 0.5) is 0 Å². The highest BCUT2D eigenvalue weighted by Crippen LogP contribution is 2.35. The number of rotatable bonds is 5. The molecule has 1 N–H and O–H groups in total. The topological polar surface area (TPSA) is 43.8 Å². The smallest absolute Gasteiger partial charge is 0.321 e. The summed E-state index contributed by atoms with van der Waals surface area (Å²) < 4.78 is 0. The Morgan fingerprint density at radius 1 is 1.24 bits per heavy atom. The van der Waals surface area contributed by atoms with Crippen molar-refractivity contribution in [2.45, 2.75) is 45.2 Å². The average molecular weight is 240 g/mol. The largest absolute Gasteiger partial charge is 0.480 e. The third kappa shape index (κ3) is 2.99. The molecule has 98 valence electrons. The zero-order chi connectivity index (χ0) is 12.4. The van der Waals surface area contributed by atoms with Crippen LogP contribution in [0.1, 0.15) is 33.1 Å². The van der Waals surface area contributed by atoms with E-state index in [4.69, 9.17) is 0 Å². The van der Waals surface area contributed by atoms with Crippen molar-refractivity contribution in [2.75, 3.05) is 26.2 Å². The Kier molecular flexibility index (Phi) is 4.05.